The first-order valence-electron chi connectivity index (χ1n) is 5.32. The zero-order valence-corrected chi connectivity index (χ0v) is 11.6. The molecule has 0 saturated heterocycles. The zero-order chi connectivity index (χ0) is 13.3. The molecule has 0 fully saturated rings. The predicted octanol–water partition coefficient (Wildman–Crippen LogP) is 1.10. The standard InChI is InChI=1S/C10H13ClN4O2S/c1-8-13-10(18(11,16)17)7-15(8)5-3-9-12-4-6-14(9)2/h4,6-7H,3,5H2,1-2H3. The first kappa shape index (κ1) is 13.1. The normalized spacial score (nSPS) is 11.9. The molecule has 0 amide bonds. The van der Waals surface area contributed by atoms with Crippen LogP contribution in [-0.4, -0.2) is 27.5 Å². The number of imidazole rings is 2. The van der Waals surface area contributed by atoms with Crippen molar-refractivity contribution in [3.63, 3.8) is 0 Å². The van der Waals surface area contributed by atoms with Crippen LogP contribution in [0.5, 0.6) is 0 Å². The Morgan fingerprint density at radius 2 is 2.17 bits per heavy atom. The molecule has 0 aliphatic carbocycles. The van der Waals surface area contributed by atoms with Crippen LogP contribution < -0.4 is 0 Å². The second-order valence-corrected chi connectivity index (χ2v) is 6.47. The van der Waals surface area contributed by atoms with Gasteiger partial charge in [-0.25, -0.2) is 18.4 Å². The molecule has 0 radical (unpaired) electrons. The number of aryl methyl sites for hydroxylation is 4. The van der Waals surface area contributed by atoms with E-state index in [-0.39, 0.29) is 5.03 Å². The maximum atomic E-state index is 11.2. The molecule has 8 heteroatoms. The quantitative estimate of drug-likeness (QED) is 0.790. The maximum absolute atomic E-state index is 11.2. The van der Waals surface area contributed by atoms with Gasteiger partial charge in [0.2, 0.25) is 0 Å². The summed E-state index contributed by atoms with van der Waals surface area (Å²) in [5.41, 5.74) is 0. The fourth-order valence-electron chi connectivity index (χ4n) is 1.68. The lowest BCUT2D eigenvalue weighted by atomic mass is 10.4. The average molecular weight is 289 g/mol. The van der Waals surface area contributed by atoms with E-state index in [9.17, 15) is 8.42 Å². The molecule has 0 aliphatic rings. The Morgan fingerprint density at radius 3 is 2.67 bits per heavy atom. The molecule has 0 saturated carbocycles. The van der Waals surface area contributed by atoms with Gasteiger partial charge in [-0.15, -0.1) is 0 Å². The molecule has 6 nitrogen and oxygen atoms in total. The van der Waals surface area contributed by atoms with Gasteiger partial charge in [0, 0.05) is 49.3 Å². The number of nitrogens with zero attached hydrogens (tertiary/aromatic N) is 4. The minimum absolute atomic E-state index is 0.110. The molecule has 0 aliphatic heterocycles. The highest BCUT2D eigenvalue weighted by atomic mass is 35.7. The molecule has 2 rings (SSSR count). The van der Waals surface area contributed by atoms with Gasteiger partial charge in [0.05, 0.1) is 0 Å². The van der Waals surface area contributed by atoms with Crippen LogP contribution in [0.2, 0.25) is 0 Å². The third kappa shape index (κ3) is 2.73. The van der Waals surface area contributed by atoms with Crippen LogP contribution in [0.4, 0.5) is 0 Å². The Labute approximate surface area is 110 Å². The van der Waals surface area contributed by atoms with Gasteiger partial charge in [-0.3, -0.25) is 0 Å². The minimum Gasteiger partial charge on any atom is -0.338 e. The molecule has 0 N–H and O–H groups in total. The first-order valence-corrected chi connectivity index (χ1v) is 7.63. The van der Waals surface area contributed by atoms with Crippen LogP contribution in [0.25, 0.3) is 0 Å². The van der Waals surface area contributed by atoms with Gasteiger partial charge < -0.3 is 9.13 Å². The molecule has 2 aromatic heterocycles. The highest BCUT2D eigenvalue weighted by molar-refractivity contribution is 8.13. The van der Waals surface area contributed by atoms with Gasteiger partial charge in [-0.2, -0.15) is 0 Å². The monoisotopic (exact) mass is 288 g/mol. The van der Waals surface area contributed by atoms with E-state index in [0.29, 0.717) is 18.8 Å². The van der Waals surface area contributed by atoms with Crippen LogP contribution in [0, 0.1) is 6.92 Å². The van der Waals surface area contributed by atoms with Crippen LogP contribution in [0.3, 0.4) is 0 Å². The molecule has 0 bridgehead atoms. The lowest BCUT2D eigenvalue weighted by molar-refractivity contribution is 0.606. The Balaban J connectivity index is 2.16. The average Bonchev–Trinajstić information content (AvgIpc) is 2.82. The van der Waals surface area contributed by atoms with Crippen molar-refractivity contribution in [2.75, 3.05) is 0 Å². The summed E-state index contributed by atoms with van der Waals surface area (Å²) in [5, 5.41) is -0.110. The van der Waals surface area contributed by atoms with Gasteiger partial charge in [-0.1, -0.05) is 0 Å². The molecule has 2 aromatic rings. The van der Waals surface area contributed by atoms with Gasteiger partial charge in [0.1, 0.15) is 11.6 Å². The fraction of sp³-hybridized carbons (Fsp3) is 0.400. The second-order valence-electron chi connectivity index (χ2n) is 3.96. The third-order valence-corrected chi connectivity index (χ3v) is 3.87. The Bertz CT molecular complexity index is 659. The smallest absolute Gasteiger partial charge is 0.280 e. The Kier molecular flexibility index (Phi) is 3.45. The van der Waals surface area contributed by atoms with E-state index in [1.165, 1.54) is 6.20 Å². The van der Waals surface area contributed by atoms with E-state index < -0.39 is 9.05 Å². The molecular formula is C10H13ClN4O2S. The highest BCUT2D eigenvalue weighted by Gasteiger charge is 2.16. The van der Waals surface area contributed by atoms with Crippen LogP contribution in [-0.2, 0) is 29.1 Å². The molecule has 0 atom stereocenters. The van der Waals surface area contributed by atoms with Gasteiger partial charge >= 0.3 is 0 Å². The predicted molar refractivity (Wildman–Crippen MR) is 66.9 cm³/mol. The second kappa shape index (κ2) is 4.74. The van der Waals surface area contributed by atoms with E-state index in [4.69, 9.17) is 10.7 Å². The van der Waals surface area contributed by atoms with Crippen molar-refractivity contribution in [3.05, 3.63) is 30.2 Å². The van der Waals surface area contributed by atoms with Crippen molar-refractivity contribution in [2.45, 2.75) is 24.9 Å². The van der Waals surface area contributed by atoms with Crippen molar-refractivity contribution in [3.8, 4) is 0 Å². The highest BCUT2D eigenvalue weighted by Crippen LogP contribution is 2.14. The molecule has 18 heavy (non-hydrogen) atoms. The molecule has 0 spiro atoms. The number of hydrogen-bond donors (Lipinski definition) is 0. The van der Waals surface area contributed by atoms with E-state index >= 15 is 0 Å². The van der Waals surface area contributed by atoms with E-state index in [0.717, 1.165) is 5.82 Å². The lowest BCUT2D eigenvalue weighted by Crippen LogP contribution is -2.06. The Morgan fingerprint density at radius 1 is 1.44 bits per heavy atom. The van der Waals surface area contributed by atoms with Crippen molar-refractivity contribution >= 4 is 19.7 Å². The number of halogens is 1. The molecule has 0 aromatic carbocycles. The SMILES string of the molecule is Cc1nc(S(=O)(=O)Cl)cn1CCc1nccn1C. The largest absolute Gasteiger partial charge is 0.338 e. The zero-order valence-electron chi connectivity index (χ0n) is 10.0. The summed E-state index contributed by atoms with van der Waals surface area (Å²) in [7, 11) is 3.40. The van der Waals surface area contributed by atoms with Crippen molar-refractivity contribution < 1.29 is 8.42 Å². The summed E-state index contributed by atoms with van der Waals surface area (Å²) >= 11 is 0. The van der Waals surface area contributed by atoms with Crippen molar-refractivity contribution in [1.29, 1.82) is 0 Å². The van der Waals surface area contributed by atoms with Crippen LogP contribution in [0.1, 0.15) is 11.6 Å². The van der Waals surface area contributed by atoms with Crippen LogP contribution >= 0.6 is 10.7 Å². The summed E-state index contributed by atoms with van der Waals surface area (Å²) in [6, 6.07) is 0. The van der Waals surface area contributed by atoms with E-state index in [1.807, 2.05) is 17.8 Å². The molecular weight excluding hydrogens is 276 g/mol. The lowest BCUT2D eigenvalue weighted by Gasteiger charge is -2.04. The summed E-state index contributed by atoms with van der Waals surface area (Å²) < 4.78 is 26.0. The summed E-state index contributed by atoms with van der Waals surface area (Å²) in [6.45, 7) is 2.35. The van der Waals surface area contributed by atoms with Crippen molar-refractivity contribution in [1.82, 2.24) is 19.1 Å². The minimum atomic E-state index is -3.77. The number of rotatable bonds is 4. The molecule has 98 valence electrons. The first-order chi connectivity index (χ1) is 8.38. The van der Waals surface area contributed by atoms with E-state index in [1.54, 1.807) is 17.7 Å². The van der Waals surface area contributed by atoms with Crippen molar-refractivity contribution in [2.24, 2.45) is 7.05 Å². The third-order valence-electron chi connectivity index (χ3n) is 2.70. The summed E-state index contributed by atoms with van der Waals surface area (Å²) in [4.78, 5) is 8.12. The van der Waals surface area contributed by atoms with Gasteiger partial charge in [0.25, 0.3) is 9.05 Å². The fourth-order valence-corrected chi connectivity index (χ4v) is 2.40. The van der Waals surface area contributed by atoms with Crippen LogP contribution in [0.15, 0.2) is 23.6 Å². The maximum Gasteiger partial charge on any atom is 0.280 e. The molecule has 2 heterocycles. The summed E-state index contributed by atoms with van der Waals surface area (Å²) in [6.07, 6.45) is 5.73. The summed E-state index contributed by atoms with van der Waals surface area (Å²) in [5.74, 6) is 1.54. The Hall–Kier alpha value is -1.34. The van der Waals surface area contributed by atoms with Gasteiger partial charge in [0.15, 0.2) is 5.03 Å². The van der Waals surface area contributed by atoms with E-state index in [2.05, 4.69) is 9.97 Å². The number of aromatic nitrogens is 4. The topological polar surface area (TPSA) is 69.8 Å². The van der Waals surface area contributed by atoms with Gasteiger partial charge in [-0.05, 0) is 6.92 Å². The molecule has 0 unspecified atom stereocenters. The number of hydrogen-bond acceptors (Lipinski definition) is 4.